The van der Waals surface area contributed by atoms with E-state index in [1.165, 1.54) is 18.2 Å². The monoisotopic (exact) mass is 345 g/mol. The molecular formula is C16H12FN3O3S. The minimum Gasteiger partial charge on any atom is -0.273 e. The molecule has 0 atom stereocenters. The zero-order valence-electron chi connectivity index (χ0n) is 12.2. The molecule has 0 fully saturated rings. The maximum Gasteiger partial charge on any atom is 0.266 e. The van der Waals surface area contributed by atoms with Crippen molar-refractivity contribution < 1.29 is 17.6 Å². The molecule has 3 rings (SSSR count). The number of hydrogen-bond donors (Lipinski definition) is 2. The van der Waals surface area contributed by atoms with E-state index in [9.17, 15) is 17.6 Å². The normalized spacial score (nSPS) is 11.4. The lowest BCUT2D eigenvalue weighted by molar-refractivity contribution is 0.0945. The molecule has 1 amide bonds. The van der Waals surface area contributed by atoms with Crippen LogP contribution in [0.3, 0.4) is 0 Å². The summed E-state index contributed by atoms with van der Waals surface area (Å²) in [5, 5.41) is 0.748. The van der Waals surface area contributed by atoms with Crippen molar-refractivity contribution in [3.63, 3.8) is 0 Å². The standard InChI is InChI=1S/C16H12FN3O3S/c17-13-4-1-5-14(10-13)24(22,23)20-19-16(21)12-6-7-15-11(9-12)3-2-8-18-15/h1-10,20H,(H,19,21). The number of hydrazine groups is 1. The lowest BCUT2D eigenvalue weighted by Crippen LogP contribution is -2.41. The molecule has 0 aliphatic heterocycles. The molecular weight excluding hydrogens is 333 g/mol. The first-order valence-electron chi connectivity index (χ1n) is 6.88. The van der Waals surface area contributed by atoms with Gasteiger partial charge in [0.25, 0.3) is 15.9 Å². The maximum absolute atomic E-state index is 13.1. The average molecular weight is 345 g/mol. The summed E-state index contributed by atoms with van der Waals surface area (Å²) in [6.45, 7) is 0. The quantitative estimate of drug-likeness (QED) is 0.708. The molecule has 3 aromatic rings. The molecule has 0 radical (unpaired) electrons. The molecule has 0 aliphatic rings. The first-order valence-corrected chi connectivity index (χ1v) is 8.36. The van der Waals surface area contributed by atoms with Gasteiger partial charge in [0.1, 0.15) is 5.82 Å². The van der Waals surface area contributed by atoms with Gasteiger partial charge >= 0.3 is 0 Å². The van der Waals surface area contributed by atoms with Gasteiger partial charge in [0.05, 0.1) is 10.4 Å². The maximum atomic E-state index is 13.1. The van der Waals surface area contributed by atoms with E-state index in [1.807, 2.05) is 4.83 Å². The van der Waals surface area contributed by atoms with Crippen molar-refractivity contribution in [2.45, 2.75) is 4.90 Å². The molecule has 6 nitrogen and oxygen atoms in total. The lowest BCUT2D eigenvalue weighted by Gasteiger charge is -2.09. The second kappa shape index (κ2) is 6.34. The molecule has 1 aromatic heterocycles. The number of benzene rings is 2. The SMILES string of the molecule is O=C(NNS(=O)(=O)c1cccc(F)c1)c1ccc2ncccc2c1. The molecule has 122 valence electrons. The lowest BCUT2D eigenvalue weighted by atomic mass is 10.1. The van der Waals surface area contributed by atoms with Gasteiger partial charge in [0.15, 0.2) is 0 Å². The van der Waals surface area contributed by atoms with Crippen LogP contribution in [0, 0.1) is 5.82 Å². The smallest absolute Gasteiger partial charge is 0.266 e. The number of rotatable bonds is 4. The fourth-order valence-corrected chi connectivity index (χ4v) is 2.97. The van der Waals surface area contributed by atoms with Gasteiger partial charge in [-0.2, -0.15) is 0 Å². The highest BCUT2D eigenvalue weighted by Gasteiger charge is 2.16. The minimum atomic E-state index is -4.06. The van der Waals surface area contributed by atoms with Gasteiger partial charge in [-0.05, 0) is 42.5 Å². The van der Waals surface area contributed by atoms with Gasteiger partial charge in [-0.1, -0.05) is 12.1 Å². The highest BCUT2D eigenvalue weighted by atomic mass is 32.2. The fraction of sp³-hybridized carbons (Fsp3) is 0. The van der Waals surface area contributed by atoms with E-state index in [4.69, 9.17) is 0 Å². The van der Waals surface area contributed by atoms with Crippen LogP contribution in [0.1, 0.15) is 10.4 Å². The Morgan fingerprint density at radius 1 is 1.04 bits per heavy atom. The van der Waals surface area contributed by atoms with Crippen LogP contribution in [0.5, 0.6) is 0 Å². The number of nitrogens with zero attached hydrogens (tertiary/aromatic N) is 1. The van der Waals surface area contributed by atoms with Gasteiger partial charge < -0.3 is 0 Å². The number of hydrogen-bond acceptors (Lipinski definition) is 4. The largest absolute Gasteiger partial charge is 0.273 e. The fourth-order valence-electron chi connectivity index (χ4n) is 2.10. The van der Waals surface area contributed by atoms with E-state index in [-0.39, 0.29) is 10.5 Å². The number of carbonyl (C=O) groups excluding carboxylic acids is 1. The second-order valence-electron chi connectivity index (χ2n) is 4.93. The second-order valence-corrected chi connectivity index (χ2v) is 6.61. The molecule has 0 unspecified atom stereocenters. The van der Waals surface area contributed by atoms with Gasteiger partial charge in [-0.3, -0.25) is 15.2 Å². The van der Waals surface area contributed by atoms with Crippen LogP contribution in [0.2, 0.25) is 0 Å². The molecule has 0 bridgehead atoms. The van der Waals surface area contributed by atoms with Crippen molar-refractivity contribution >= 4 is 26.8 Å². The van der Waals surface area contributed by atoms with Crippen LogP contribution >= 0.6 is 0 Å². The summed E-state index contributed by atoms with van der Waals surface area (Å²) in [6.07, 6.45) is 1.63. The molecule has 0 saturated carbocycles. The molecule has 2 N–H and O–H groups in total. The summed E-state index contributed by atoms with van der Waals surface area (Å²) in [6, 6.07) is 12.8. The van der Waals surface area contributed by atoms with Crippen molar-refractivity contribution in [1.29, 1.82) is 0 Å². The van der Waals surface area contributed by atoms with E-state index in [2.05, 4.69) is 10.4 Å². The zero-order valence-corrected chi connectivity index (χ0v) is 13.0. The van der Waals surface area contributed by atoms with Gasteiger partial charge in [0, 0.05) is 17.1 Å². The Hall–Kier alpha value is -2.84. The molecule has 0 aliphatic carbocycles. The molecule has 24 heavy (non-hydrogen) atoms. The van der Waals surface area contributed by atoms with E-state index < -0.39 is 21.7 Å². The third kappa shape index (κ3) is 3.39. The van der Waals surface area contributed by atoms with Crippen LogP contribution in [0.15, 0.2) is 65.7 Å². The van der Waals surface area contributed by atoms with Gasteiger partial charge in [0.2, 0.25) is 0 Å². The third-order valence-corrected chi connectivity index (χ3v) is 4.52. The predicted molar refractivity (Wildman–Crippen MR) is 85.9 cm³/mol. The van der Waals surface area contributed by atoms with Crippen molar-refractivity contribution in [1.82, 2.24) is 15.2 Å². The first kappa shape index (κ1) is 16.0. The molecule has 0 saturated heterocycles. The number of sulfonamides is 1. The van der Waals surface area contributed by atoms with E-state index in [0.717, 1.165) is 23.0 Å². The van der Waals surface area contributed by atoms with E-state index in [1.54, 1.807) is 30.5 Å². The van der Waals surface area contributed by atoms with Gasteiger partial charge in [-0.15, -0.1) is 4.83 Å². The topological polar surface area (TPSA) is 88.2 Å². The molecule has 2 aromatic carbocycles. The van der Waals surface area contributed by atoms with Crippen LogP contribution in [-0.4, -0.2) is 19.3 Å². The van der Waals surface area contributed by atoms with Crippen LogP contribution in [0.25, 0.3) is 10.9 Å². The van der Waals surface area contributed by atoms with E-state index in [0.29, 0.717) is 0 Å². The number of nitrogens with one attached hydrogen (secondary N) is 2. The number of amides is 1. The third-order valence-electron chi connectivity index (χ3n) is 3.27. The summed E-state index contributed by atoms with van der Waals surface area (Å²) in [7, 11) is -4.06. The van der Waals surface area contributed by atoms with Crippen molar-refractivity contribution in [2.75, 3.05) is 0 Å². The summed E-state index contributed by atoms with van der Waals surface area (Å²) in [4.78, 5) is 17.9. The summed E-state index contributed by atoms with van der Waals surface area (Å²) in [5.74, 6) is -1.33. The Morgan fingerprint density at radius 3 is 2.67 bits per heavy atom. The van der Waals surface area contributed by atoms with Crippen molar-refractivity contribution in [3.8, 4) is 0 Å². The molecule has 8 heteroatoms. The summed E-state index contributed by atoms with van der Waals surface area (Å²) >= 11 is 0. The molecule has 0 spiro atoms. The first-order chi connectivity index (χ1) is 11.5. The Morgan fingerprint density at radius 2 is 1.88 bits per heavy atom. The Labute approximate surface area is 137 Å². The van der Waals surface area contributed by atoms with Crippen molar-refractivity contribution in [2.24, 2.45) is 0 Å². The Balaban J connectivity index is 1.76. The molecule has 1 heterocycles. The van der Waals surface area contributed by atoms with E-state index >= 15 is 0 Å². The van der Waals surface area contributed by atoms with Crippen LogP contribution in [-0.2, 0) is 10.0 Å². The number of fused-ring (bicyclic) bond motifs is 1. The highest BCUT2D eigenvalue weighted by molar-refractivity contribution is 7.89. The summed E-state index contributed by atoms with van der Waals surface area (Å²) in [5.41, 5.74) is 3.08. The van der Waals surface area contributed by atoms with Crippen molar-refractivity contribution in [3.05, 3.63) is 72.2 Å². The van der Waals surface area contributed by atoms with Gasteiger partial charge in [-0.25, -0.2) is 12.8 Å². The summed E-state index contributed by atoms with van der Waals surface area (Å²) < 4.78 is 37.2. The number of halogens is 1. The zero-order chi connectivity index (χ0) is 17.2. The Kier molecular flexibility index (Phi) is 4.24. The predicted octanol–water partition coefficient (Wildman–Crippen LogP) is 2.00. The Bertz CT molecular complexity index is 1020. The number of pyridine rings is 1. The van der Waals surface area contributed by atoms with Crippen LogP contribution in [0.4, 0.5) is 4.39 Å². The highest BCUT2D eigenvalue weighted by Crippen LogP contribution is 2.13. The minimum absolute atomic E-state index is 0.262. The number of aromatic nitrogens is 1. The average Bonchev–Trinajstić information content (AvgIpc) is 2.59. The number of carbonyl (C=O) groups is 1. The van der Waals surface area contributed by atoms with Crippen LogP contribution < -0.4 is 10.3 Å².